The molecule has 3 rings (SSSR count). The zero-order valence-electron chi connectivity index (χ0n) is 19.6. The first-order chi connectivity index (χ1) is 16.6. The van der Waals surface area contributed by atoms with Gasteiger partial charge in [0.15, 0.2) is 0 Å². The van der Waals surface area contributed by atoms with Gasteiger partial charge in [0.05, 0.1) is 35.3 Å². The molecule has 0 spiro atoms. The Hall–Kier alpha value is -4.05. The predicted octanol–water partition coefficient (Wildman–Crippen LogP) is 3.62. The number of nitrogens with zero attached hydrogens (tertiary/aromatic N) is 2. The van der Waals surface area contributed by atoms with Crippen LogP contribution in [-0.2, 0) is 19.1 Å². The van der Waals surface area contributed by atoms with Crippen molar-refractivity contribution in [2.75, 3.05) is 20.3 Å². The fraction of sp³-hybridized carbons (Fsp3) is 0.320. The van der Waals surface area contributed by atoms with Gasteiger partial charge in [-0.25, -0.2) is 4.79 Å². The van der Waals surface area contributed by atoms with Crippen LogP contribution in [-0.4, -0.2) is 59.0 Å². The van der Waals surface area contributed by atoms with Gasteiger partial charge < -0.3 is 19.5 Å². The molecule has 0 aromatic heterocycles. The standard InChI is InChI=1S/C25H26N2O8/c1-15(2)35-13-5-12-26-21(16-8-10-17(11-9-16)25(31)34-3)20(23(29)24(26)30)22(28)18-6-4-7-19(14-18)27(32)33/h4,6-11,14-15,21,28H,5,12-13H2,1-3H3/t21-/m0/s1. The van der Waals surface area contributed by atoms with E-state index < -0.39 is 34.4 Å². The summed E-state index contributed by atoms with van der Waals surface area (Å²) in [7, 11) is 1.25. The van der Waals surface area contributed by atoms with Crippen LogP contribution in [0.3, 0.4) is 0 Å². The maximum Gasteiger partial charge on any atom is 0.337 e. The molecule has 1 saturated heterocycles. The first-order valence-corrected chi connectivity index (χ1v) is 11.0. The maximum atomic E-state index is 13.0. The lowest BCUT2D eigenvalue weighted by Gasteiger charge is -2.25. The molecule has 1 heterocycles. The fourth-order valence-corrected chi connectivity index (χ4v) is 3.85. The van der Waals surface area contributed by atoms with Gasteiger partial charge in [0.2, 0.25) is 0 Å². The molecule has 0 aliphatic carbocycles. The van der Waals surface area contributed by atoms with E-state index in [1.165, 1.54) is 42.3 Å². The van der Waals surface area contributed by atoms with Crippen molar-refractivity contribution >= 4 is 29.1 Å². The second kappa shape index (κ2) is 10.9. The van der Waals surface area contributed by atoms with E-state index in [4.69, 9.17) is 9.47 Å². The van der Waals surface area contributed by atoms with Crippen LogP contribution in [0.2, 0.25) is 0 Å². The number of nitro benzene ring substituents is 1. The highest BCUT2D eigenvalue weighted by Crippen LogP contribution is 2.39. The van der Waals surface area contributed by atoms with Gasteiger partial charge in [0, 0.05) is 30.8 Å². The molecule has 0 bridgehead atoms. The number of carbonyl (C=O) groups excluding carboxylic acids is 3. The van der Waals surface area contributed by atoms with E-state index in [2.05, 4.69) is 0 Å². The van der Waals surface area contributed by atoms with Crippen LogP contribution in [0, 0.1) is 10.1 Å². The molecule has 1 aliphatic heterocycles. The van der Waals surface area contributed by atoms with Crippen LogP contribution >= 0.6 is 0 Å². The number of carbonyl (C=O) groups is 3. The number of amides is 1. The molecule has 1 fully saturated rings. The number of ketones is 1. The van der Waals surface area contributed by atoms with Crippen LogP contribution in [0.1, 0.15) is 47.8 Å². The minimum Gasteiger partial charge on any atom is -0.507 e. The van der Waals surface area contributed by atoms with E-state index in [1.807, 2.05) is 13.8 Å². The number of likely N-dealkylation sites (tertiary alicyclic amines) is 1. The normalized spacial score (nSPS) is 17.1. The highest BCUT2D eigenvalue weighted by Gasteiger charge is 2.45. The summed E-state index contributed by atoms with van der Waals surface area (Å²) in [5.74, 6) is -2.77. The van der Waals surface area contributed by atoms with E-state index in [0.717, 1.165) is 6.07 Å². The van der Waals surface area contributed by atoms with Crippen molar-refractivity contribution in [3.05, 3.63) is 80.9 Å². The van der Waals surface area contributed by atoms with Crippen LogP contribution in [0.25, 0.3) is 5.76 Å². The van der Waals surface area contributed by atoms with Crippen LogP contribution in [0.15, 0.2) is 54.1 Å². The van der Waals surface area contributed by atoms with Crippen molar-refractivity contribution < 1.29 is 33.9 Å². The number of methoxy groups -OCH3 is 1. The molecule has 1 aliphatic rings. The van der Waals surface area contributed by atoms with Crippen LogP contribution < -0.4 is 0 Å². The number of aliphatic hydroxyl groups is 1. The molecular formula is C25H26N2O8. The largest absolute Gasteiger partial charge is 0.507 e. The van der Waals surface area contributed by atoms with Gasteiger partial charge in [-0.05, 0) is 38.0 Å². The fourth-order valence-electron chi connectivity index (χ4n) is 3.85. The molecule has 1 amide bonds. The van der Waals surface area contributed by atoms with Gasteiger partial charge in [0.1, 0.15) is 5.76 Å². The number of non-ortho nitro benzene ring substituents is 1. The number of aliphatic hydroxyl groups excluding tert-OH is 1. The van der Waals surface area contributed by atoms with Gasteiger partial charge in [-0.2, -0.15) is 0 Å². The Morgan fingerprint density at radius 1 is 1.14 bits per heavy atom. The number of Topliss-reactive ketones (excluding diaryl/α,β-unsaturated/α-hetero) is 1. The molecule has 184 valence electrons. The Morgan fingerprint density at radius 3 is 2.43 bits per heavy atom. The zero-order valence-corrected chi connectivity index (χ0v) is 19.6. The SMILES string of the molecule is COC(=O)c1ccc([C@H]2C(=C(O)c3cccc([N+](=O)[O-])c3)C(=O)C(=O)N2CCCOC(C)C)cc1. The van der Waals surface area contributed by atoms with Crippen molar-refractivity contribution in [2.45, 2.75) is 32.4 Å². The average Bonchev–Trinajstić information content (AvgIpc) is 3.10. The Kier molecular flexibility index (Phi) is 7.98. The average molecular weight is 482 g/mol. The second-order valence-corrected chi connectivity index (χ2v) is 8.19. The molecular weight excluding hydrogens is 456 g/mol. The molecule has 0 unspecified atom stereocenters. The summed E-state index contributed by atoms with van der Waals surface area (Å²) in [6.07, 6.45) is 0.444. The third-order valence-electron chi connectivity index (χ3n) is 5.51. The van der Waals surface area contributed by atoms with Crippen molar-refractivity contribution in [3.63, 3.8) is 0 Å². The van der Waals surface area contributed by atoms with Crippen molar-refractivity contribution in [3.8, 4) is 0 Å². The Morgan fingerprint density at radius 2 is 1.83 bits per heavy atom. The molecule has 10 nitrogen and oxygen atoms in total. The molecule has 1 N–H and O–H groups in total. The highest BCUT2D eigenvalue weighted by molar-refractivity contribution is 6.46. The lowest BCUT2D eigenvalue weighted by Crippen LogP contribution is -2.31. The summed E-state index contributed by atoms with van der Waals surface area (Å²) in [5, 5.41) is 22.2. The number of benzene rings is 2. The Balaban J connectivity index is 2.08. The Labute approximate surface area is 201 Å². The second-order valence-electron chi connectivity index (χ2n) is 8.19. The van der Waals surface area contributed by atoms with Crippen molar-refractivity contribution in [1.29, 1.82) is 0 Å². The molecule has 0 radical (unpaired) electrons. The van der Waals surface area contributed by atoms with E-state index in [-0.39, 0.29) is 35.0 Å². The minimum atomic E-state index is -0.958. The zero-order chi connectivity index (χ0) is 25.7. The molecule has 2 aromatic carbocycles. The first-order valence-electron chi connectivity index (χ1n) is 11.0. The molecule has 2 aromatic rings. The van der Waals surface area contributed by atoms with E-state index >= 15 is 0 Å². The van der Waals surface area contributed by atoms with Crippen LogP contribution in [0.5, 0.6) is 0 Å². The van der Waals surface area contributed by atoms with Crippen LogP contribution in [0.4, 0.5) is 5.69 Å². The summed E-state index contributed by atoms with van der Waals surface area (Å²) < 4.78 is 10.3. The molecule has 0 saturated carbocycles. The highest BCUT2D eigenvalue weighted by atomic mass is 16.6. The number of esters is 1. The number of ether oxygens (including phenoxy) is 2. The first kappa shape index (κ1) is 25.6. The van der Waals surface area contributed by atoms with Gasteiger partial charge in [0.25, 0.3) is 17.4 Å². The lowest BCUT2D eigenvalue weighted by molar-refractivity contribution is -0.384. The monoisotopic (exact) mass is 482 g/mol. The van der Waals surface area contributed by atoms with Gasteiger partial charge in [-0.15, -0.1) is 0 Å². The Bertz CT molecular complexity index is 1170. The summed E-state index contributed by atoms with van der Waals surface area (Å²) in [5.41, 5.74) is 0.335. The van der Waals surface area contributed by atoms with Gasteiger partial charge >= 0.3 is 5.97 Å². The summed E-state index contributed by atoms with van der Waals surface area (Å²) in [4.78, 5) is 49.7. The topological polar surface area (TPSA) is 136 Å². The summed E-state index contributed by atoms with van der Waals surface area (Å²) in [6, 6.07) is 10.4. The number of hydrogen-bond donors (Lipinski definition) is 1. The van der Waals surface area contributed by atoms with Gasteiger partial charge in [-0.3, -0.25) is 19.7 Å². The molecule has 35 heavy (non-hydrogen) atoms. The van der Waals surface area contributed by atoms with E-state index in [9.17, 15) is 29.6 Å². The number of hydrogen-bond acceptors (Lipinski definition) is 8. The smallest absolute Gasteiger partial charge is 0.337 e. The van der Waals surface area contributed by atoms with E-state index in [1.54, 1.807) is 12.1 Å². The minimum absolute atomic E-state index is 0.000877. The predicted molar refractivity (Wildman–Crippen MR) is 126 cm³/mol. The molecule has 1 atom stereocenters. The molecule has 10 heteroatoms. The third kappa shape index (κ3) is 5.55. The van der Waals surface area contributed by atoms with Gasteiger partial charge in [-0.1, -0.05) is 24.3 Å². The lowest BCUT2D eigenvalue weighted by atomic mass is 9.94. The van der Waals surface area contributed by atoms with E-state index in [0.29, 0.717) is 18.6 Å². The number of rotatable bonds is 9. The quantitative estimate of drug-likeness (QED) is 0.109. The summed E-state index contributed by atoms with van der Waals surface area (Å²) >= 11 is 0. The van der Waals surface area contributed by atoms with Crippen molar-refractivity contribution in [1.82, 2.24) is 4.90 Å². The summed E-state index contributed by atoms with van der Waals surface area (Å²) in [6.45, 7) is 4.30. The third-order valence-corrected chi connectivity index (χ3v) is 5.51. The van der Waals surface area contributed by atoms with Crippen molar-refractivity contribution in [2.24, 2.45) is 0 Å². The number of nitro groups is 1. The maximum absolute atomic E-state index is 13.0.